The van der Waals surface area contributed by atoms with Gasteiger partial charge >= 0.3 is 0 Å². The third-order valence-corrected chi connectivity index (χ3v) is 4.88. The highest BCUT2D eigenvalue weighted by Crippen LogP contribution is 2.22. The van der Waals surface area contributed by atoms with Crippen molar-refractivity contribution in [1.82, 2.24) is 14.8 Å². The Hall–Kier alpha value is -2.20. The molecular formula is C21H27N3O. The molecule has 0 atom stereocenters. The smallest absolute Gasteiger partial charge is 0.253 e. The number of rotatable bonds is 5. The fraction of sp³-hybridized carbons (Fsp3) is 0.429. The van der Waals surface area contributed by atoms with Gasteiger partial charge in [0.1, 0.15) is 0 Å². The molecular weight excluding hydrogens is 310 g/mol. The minimum atomic E-state index is 0.166. The zero-order valence-corrected chi connectivity index (χ0v) is 15.2. The summed E-state index contributed by atoms with van der Waals surface area (Å²) in [6.45, 7) is 2.61. The fourth-order valence-electron chi connectivity index (χ4n) is 3.49. The van der Waals surface area contributed by atoms with Gasteiger partial charge < -0.3 is 9.80 Å². The van der Waals surface area contributed by atoms with Crippen molar-refractivity contribution in [3.8, 4) is 0 Å². The number of piperidine rings is 1. The molecule has 0 bridgehead atoms. The van der Waals surface area contributed by atoms with Gasteiger partial charge in [-0.2, -0.15) is 0 Å². The molecule has 132 valence electrons. The van der Waals surface area contributed by atoms with Gasteiger partial charge in [-0.05, 0) is 74.7 Å². The topological polar surface area (TPSA) is 36.4 Å². The van der Waals surface area contributed by atoms with Crippen LogP contribution in [0.3, 0.4) is 0 Å². The standard InChI is InChI=1S/C21H27N3O/c1-23(2)16-19-3-5-20(6-4-19)21(25)24-13-9-18(10-14-24)15-17-7-11-22-12-8-17/h3-8,11-12,18H,9-10,13-16H2,1-2H3. The van der Waals surface area contributed by atoms with E-state index in [2.05, 4.69) is 48.2 Å². The van der Waals surface area contributed by atoms with E-state index in [-0.39, 0.29) is 5.91 Å². The maximum absolute atomic E-state index is 12.7. The molecule has 4 heteroatoms. The van der Waals surface area contributed by atoms with Crippen LogP contribution in [0.5, 0.6) is 0 Å². The molecule has 4 nitrogen and oxygen atoms in total. The van der Waals surface area contributed by atoms with Crippen molar-refractivity contribution in [2.75, 3.05) is 27.2 Å². The molecule has 25 heavy (non-hydrogen) atoms. The Kier molecular flexibility index (Phi) is 5.82. The van der Waals surface area contributed by atoms with Crippen molar-refractivity contribution in [3.63, 3.8) is 0 Å². The van der Waals surface area contributed by atoms with Gasteiger partial charge in [-0.1, -0.05) is 12.1 Å². The van der Waals surface area contributed by atoms with Gasteiger partial charge in [0, 0.05) is 37.6 Å². The van der Waals surface area contributed by atoms with Gasteiger partial charge in [0.15, 0.2) is 0 Å². The second-order valence-electron chi connectivity index (χ2n) is 7.23. The molecule has 0 N–H and O–H groups in total. The third-order valence-electron chi connectivity index (χ3n) is 4.88. The van der Waals surface area contributed by atoms with Crippen LogP contribution in [-0.2, 0) is 13.0 Å². The molecule has 1 amide bonds. The Bertz CT molecular complexity index is 674. The Morgan fingerprint density at radius 2 is 1.68 bits per heavy atom. The SMILES string of the molecule is CN(C)Cc1ccc(C(=O)N2CCC(Cc3ccncc3)CC2)cc1. The minimum absolute atomic E-state index is 0.166. The number of amides is 1. The van der Waals surface area contributed by atoms with Gasteiger partial charge in [0.2, 0.25) is 0 Å². The van der Waals surface area contributed by atoms with Crippen molar-refractivity contribution in [2.24, 2.45) is 5.92 Å². The lowest BCUT2D eigenvalue weighted by atomic mass is 9.90. The molecule has 0 spiro atoms. The predicted octanol–water partition coefficient (Wildman–Crippen LogP) is 3.24. The highest BCUT2D eigenvalue weighted by molar-refractivity contribution is 5.94. The van der Waals surface area contributed by atoms with Gasteiger partial charge in [-0.15, -0.1) is 0 Å². The second kappa shape index (κ2) is 8.26. The number of likely N-dealkylation sites (tertiary alicyclic amines) is 1. The van der Waals surface area contributed by atoms with E-state index in [0.717, 1.165) is 44.5 Å². The van der Waals surface area contributed by atoms with Crippen LogP contribution in [0.2, 0.25) is 0 Å². The molecule has 1 aromatic heterocycles. The van der Waals surface area contributed by atoms with Crippen LogP contribution in [0.4, 0.5) is 0 Å². The quantitative estimate of drug-likeness (QED) is 0.840. The molecule has 0 aliphatic carbocycles. The number of benzene rings is 1. The van der Waals surface area contributed by atoms with E-state index in [0.29, 0.717) is 5.92 Å². The molecule has 1 saturated heterocycles. The van der Waals surface area contributed by atoms with Crippen LogP contribution in [0, 0.1) is 5.92 Å². The van der Waals surface area contributed by atoms with E-state index in [1.54, 1.807) is 0 Å². The van der Waals surface area contributed by atoms with E-state index >= 15 is 0 Å². The van der Waals surface area contributed by atoms with Crippen LogP contribution in [0.25, 0.3) is 0 Å². The lowest BCUT2D eigenvalue weighted by Gasteiger charge is -2.32. The van der Waals surface area contributed by atoms with Crippen LogP contribution < -0.4 is 0 Å². The molecule has 0 unspecified atom stereocenters. The molecule has 0 saturated carbocycles. The zero-order chi connectivity index (χ0) is 17.6. The summed E-state index contributed by atoms with van der Waals surface area (Å²) in [5, 5.41) is 0. The largest absolute Gasteiger partial charge is 0.339 e. The summed E-state index contributed by atoms with van der Waals surface area (Å²) in [6.07, 6.45) is 6.95. The Morgan fingerprint density at radius 3 is 2.28 bits per heavy atom. The van der Waals surface area contributed by atoms with Crippen molar-refractivity contribution >= 4 is 5.91 Å². The molecule has 2 aromatic rings. The normalized spacial score (nSPS) is 15.6. The Labute approximate surface area is 150 Å². The molecule has 1 fully saturated rings. The molecule has 1 aromatic carbocycles. The second-order valence-corrected chi connectivity index (χ2v) is 7.23. The molecule has 3 rings (SSSR count). The van der Waals surface area contributed by atoms with Crippen molar-refractivity contribution < 1.29 is 4.79 Å². The average Bonchev–Trinajstić information content (AvgIpc) is 2.63. The number of hydrogen-bond donors (Lipinski definition) is 0. The first kappa shape index (κ1) is 17.6. The number of pyridine rings is 1. The highest BCUT2D eigenvalue weighted by atomic mass is 16.2. The van der Waals surface area contributed by atoms with Crippen LogP contribution >= 0.6 is 0 Å². The average molecular weight is 337 g/mol. The van der Waals surface area contributed by atoms with Crippen molar-refractivity contribution in [3.05, 3.63) is 65.5 Å². The molecule has 1 aliphatic rings. The maximum Gasteiger partial charge on any atom is 0.253 e. The Balaban J connectivity index is 1.52. The first-order chi connectivity index (χ1) is 12.1. The van der Waals surface area contributed by atoms with Crippen molar-refractivity contribution in [1.29, 1.82) is 0 Å². The number of carbonyl (C=O) groups is 1. The summed E-state index contributed by atoms with van der Waals surface area (Å²) < 4.78 is 0. The van der Waals surface area contributed by atoms with E-state index in [1.165, 1.54) is 11.1 Å². The number of aromatic nitrogens is 1. The summed E-state index contributed by atoms with van der Waals surface area (Å²) in [5.41, 5.74) is 3.38. The highest BCUT2D eigenvalue weighted by Gasteiger charge is 2.23. The summed E-state index contributed by atoms with van der Waals surface area (Å²) >= 11 is 0. The van der Waals surface area contributed by atoms with Gasteiger partial charge in [0.25, 0.3) is 5.91 Å². The summed E-state index contributed by atoms with van der Waals surface area (Å²) in [6, 6.07) is 12.2. The lowest BCUT2D eigenvalue weighted by molar-refractivity contribution is 0.0690. The molecule has 0 radical (unpaired) electrons. The molecule has 1 aliphatic heterocycles. The van der Waals surface area contributed by atoms with Gasteiger partial charge in [-0.25, -0.2) is 0 Å². The lowest BCUT2D eigenvalue weighted by Crippen LogP contribution is -2.38. The first-order valence-electron chi connectivity index (χ1n) is 9.03. The van der Waals surface area contributed by atoms with Crippen LogP contribution in [-0.4, -0.2) is 47.9 Å². The van der Waals surface area contributed by atoms with Gasteiger partial charge in [0.05, 0.1) is 0 Å². The molecule has 2 heterocycles. The van der Waals surface area contributed by atoms with E-state index < -0.39 is 0 Å². The minimum Gasteiger partial charge on any atom is -0.339 e. The summed E-state index contributed by atoms with van der Waals surface area (Å²) in [7, 11) is 4.10. The van der Waals surface area contributed by atoms with Crippen LogP contribution in [0.1, 0.15) is 34.3 Å². The zero-order valence-electron chi connectivity index (χ0n) is 15.2. The van der Waals surface area contributed by atoms with E-state index in [1.807, 2.05) is 29.4 Å². The van der Waals surface area contributed by atoms with E-state index in [9.17, 15) is 4.79 Å². The third kappa shape index (κ3) is 4.89. The van der Waals surface area contributed by atoms with Crippen molar-refractivity contribution in [2.45, 2.75) is 25.8 Å². The monoisotopic (exact) mass is 337 g/mol. The first-order valence-corrected chi connectivity index (χ1v) is 9.03. The predicted molar refractivity (Wildman–Crippen MR) is 100 cm³/mol. The number of carbonyl (C=O) groups excluding carboxylic acids is 1. The fourth-order valence-corrected chi connectivity index (χ4v) is 3.49. The summed E-state index contributed by atoms with van der Waals surface area (Å²) in [4.78, 5) is 20.9. The summed E-state index contributed by atoms with van der Waals surface area (Å²) in [5.74, 6) is 0.827. The Morgan fingerprint density at radius 1 is 1.04 bits per heavy atom. The maximum atomic E-state index is 12.7. The van der Waals surface area contributed by atoms with Gasteiger partial charge in [-0.3, -0.25) is 9.78 Å². The van der Waals surface area contributed by atoms with Crippen LogP contribution in [0.15, 0.2) is 48.8 Å². The number of hydrogen-bond acceptors (Lipinski definition) is 3. The van der Waals surface area contributed by atoms with E-state index in [4.69, 9.17) is 0 Å². The number of nitrogens with zero attached hydrogens (tertiary/aromatic N) is 3.